The summed E-state index contributed by atoms with van der Waals surface area (Å²) in [5.41, 5.74) is 4.35. The number of fused-ring (bicyclic) bond motifs is 3. The molecule has 1 aliphatic carbocycles. The molecule has 0 aliphatic heterocycles. The minimum absolute atomic E-state index is 0.101. The highest BCUT2D eigenvalue weighted by atomic mass is 16.5. The number of benzene rings is 2. The number of amides is 2. The van der Waals surface area contributed by atoms with Gasteiger partial charge < -0.3 is 25.3 Å². The van der Waals surface area contributed by atoms with Gasteiger partial charge in [0, 0.05) is 5.92 Å². The molecule has 0 bridgehead atoms. The first-order valence-corrected chi connectivity index (χ1v) is 9.49. The molecule has 8 nitrogen and oxygen atoms in total. The van der Waals surface area contributed by atoms with E-state index < -0.39 is 36.5 Å². The second kappa shape index (κ2) is 9.21. The minimum atomic E-state index is -1.22. The van der Waals surface area contributed by atoms with Crippen LogP contribution < -0.4 is 10.6 Å². The molecule has 0 saturated carbocycles. The first-order chi connectivity index (χ1) is 14.4. The molecule has 0 aromatic heterocycles. The molecule has 0 unspecified atom stereocenters. The van der Waals surface area contributed by atoms with Crippen molar-refractivity contribution in [1.82, 2.24) is 10.6 Å². The van der Waals surface area contributed by atoms with Crippen molar-refractivity contribution in [3.05, 3.63) is 59.7 Å². The minimum Gasteiger partial charge on any atom is -0.481 e. The monoisotopic (exact) mass is 410 g/mol. The highest BCUT2D eigenvalue weighted by Crippen LogP contribution is 2.44. The average Bonchev–Trinajstić information content (AvgIpc) is 3.05. The fourth-order valence-electron chi connectivity index (χ4n) is 3.51. The summed E-state index contributed by atoms with van der Waals surface area (Å²) in [5.74, 6) is -2.01. The number of ether oxygens (including phenoxy) is 1. The van der Waals surface area contributed by atoms with Gasteiger partial charge in [0.15, 0.2) is 0 Å². The van der Waals surface area contributed by atoms with Crippen LogP contribution in [0.4, 0.5) is 4.79 Å². The molecule has 3 N–H and O–H groups in total. The van der Waals surface area contributed by atoms with Crippen LogP contribution in [-0.4, -0.2) is 48.1 Å². The first kappa shape index (κ1) is 21.0. The second-order valence-electron chi connectivity index (χ2n) is 7.04. The summed E-state index contributed by atoms with van der Waals surface area (Å²) in [5, 5.41) is 13.4. The van der Waals surface area contributed by atoms with Gasteiger partial charge in [-0.1, -0.05) is 48.5 Å². The van der Waals surface area contributed by atoms with E-state index >= 15 is 0 Å². The zero-order valence-electron chi connectivity index (χ0n) is 16.3. The van der Waals surface area contributed by atoms with E-state index in [1.54, 1.807) is 0 Å². The summed E-state index contributed by atoms with van der Waals surface area (Å²) in [4.78, 5) is 45.8. The lowest BCUT2D eigenvalue weighted by molar-refractivity contribution is -0.138. The predicted molar refractivity (Wildman–Crippen MR) is 108 cm³/mol. The Bertz CT molecular complexity index is 928. The molecule has 0 radical (unpaired) electrons. The molecule has 0 saturated heterocycles. The molecule has 156 valence electrons. The molecule has 3 rings (SSSR count). The summed E-state index contributed by atoms with van der Waals surface area (Å²) in [6.07, 6.45) is -0.973. The molecule has 8 heteroatoms. The van der Waals surface area contributed by atoms with Crippen LogP contribution in [0.25, 0.3) is 11.1 Å². The number of carboxylic acids is 1. The number of aldehydes is 1. The van der Waals surface area contributed by atoms with Crippen molar-refractivity contribution < 1.29 is 29.0 Å². The molecular weight excluding hydrogens is 388 g/mol. The van der Waals surface area contributed by atoms with Gasteiger partial charge in [-0.05, 0) is 29.2 Å². The summed E-state index contributed by atoms with van der Waals surface area (Å²) >= 11 is 0. The molecule has 0 fully saturated rings. The Morgan fingerprint density at radius 2 is 1.60 bits per heavy atom. The van der Waals surface area contributed by atoms with Crippen LogP contribution in [0.1, 0.15) is 30.4 Å². The second-order valence-corrected chi connectivity index (χ2v) is 7.04. The van der Waals surface area contributed by atoms with Crippen molar-refractivity contribution in [3.8, 4) is 11.1 Å². The smallest absolute Gasteiger partial charge is 0.407 e. The Labute approximate surface area is 173 Å². The number of nitrogens with one attached hydrogen (secondary N) is 2. The Hall–Kier alpha value is -3.68. The van der Waals surface area contributed by atoms with Gasteiger partial charge in [-0.2, -0.15) is 0 Å². The number of hydrogen-bond acceptors (Lipinski definition) is 5. The molecule has 0 spiro atoms. The van der Waals surface area contributed by atoms with Gasteiger partial charge in [-0.25, -0.2) is 4.79 Å². The SMILES string of the molecule is C[C@H](NC(=O)OCC1c2ccccc2-c2ccccc21)C(=O)N[C@H](C=O)CC(=O)O. The molecule has 2 atom stereocenters. The van der Waals surface area contributed by atoms with Gasteiger partial charge in [0.2, 0.25) is 5.91 Å². The third kappa shape index (κ3) is 4.65. The predicted octanol–water partition coefficient (Wildman–Crippen LogP) is 2.07. The topological polar surface area (TPSA) is 122 Å². The number of aliphatic carboxylic acids is 1. The van der Waals surface area contributed by atoms with Crippen LogP contribution in [0, 0.1) is 0 Å². The van der Waals surface area contributed by atoms with Crippen LogP contribution in [-0.2, 0) is 19.1 Å². The third-order valence-electron chi connectivity index (χ3n) is 4.96. The summed E-state index contributed by atoms with van der Waals surface area (Å²) in [6, 6.07) is 13.7. The van der Waals surface area contributed by atoms with Gasteiger partial charge in [0.1, 0.15) is 18.9 Å². The summed E-state index contributed by atoms with van der Waals surface area (Å²) in [6.45, 7) is 1.52. The number of carbonyl (C=O) groups excluding carboxylic acids is 3. The highest BCUT2D eigenvalue weighted by molar-refractivity contribution is 5.88. The van der Waals surface area contributed by atoms with Gasteiger partial charge in [0.25, 0.3) is 0 Å². The first-order valence-electron chi connectivity index (χ1n) is 9.49. The maximum Gasteiger partial charge on any atom is 0.407 e. The van der Waals surface area contributed by atoms with E-state index in [0.717, 1.165) is 22.3 Å². The van der Waals surface area contributed by atoms with Crippen molar-refractivity contribution in [2.24, 2.45) is 0 Å². The third-order valence-corrected chi connectivity index (χ3v) is 4.96. The lowest BCUT2D eigenvalue weighted by Crippen LogP contribution is -2.49. The van der Waals surface area contributed by atoms with E-state index in [-0.39, 0.29) is 12.5 Å². The van der Waals surface area contributed by atoms with E-state index in [9.17, 15) is 19.2 Å². The van der Waals surface area contributed by atoms with Crippen LogP contribution in [0.15, 0.2) is 48.5 Å². The fourth-order valence-corrected chi connectivity index (χ4v) is 3.51. The van der Waals surface area contributed by atoms with E-state index in [1.807, 2.05) is 48.5 Å². The number of carbonyl (C=O) groups is 4. The normalized spacial score (nSPS) is 14.0. The van der Waals surface area contributed by atoms with Gasteiger partial charge in [0.05, 0.1) is 12.5 Å². The van der Waals surface area contributed by atoms with Crippen LogP contribution in [0.5, 0.6) is 0 Å². The molecule has 1 aliphatic rings. The Morgan fingerprint density at radius 1 is 1.03 bits per heavy atom. The number of carboxylic acid groups (broad SMARTS) is 1. The number of hydrogen-bond donors (Lipinski definition) is 3. The largest absolute Gasteiger partial charge is 0.481 e. The molecule has 0 heterocycles. The van der Waals surface area contributed by atoms with Gasteiger partial charge in [-0.3, -0.25) is 9.59 Å². The van der Waals surface area contributed by atoms with Gasteiger partial charge >= 0.3 is 12.1 Å². The molecular formula is C22H22N2O6. The summed E-state index contributed by atoms with van der Waals surface area (Å²) in [7, 11) is 0. The standard InChI is InChI=1S/C22H22N2O6/c1-13(21(28)24-14(11-25)10-20(26)27)23-22(29)30-12-19-17-8-4-2-6-15(17)16-7-3-5-9-18(16)19/h2-9,11,13-14,19H,10,12H2,1H3,(H,23,29)(H,24,28)(H,26,27)/t13-,14-/m0/s1. The quantitative estimate of drug-likeness (QED) is 0.573. The summed E-state index contributed by atoms with van der Waals surface area (Å²) < 4.78 is 5.36. The van der Waals surface area contributed by atoms with Crippen molar-refractivity contribution in [3.63, 3.8) is 0 Å². The van der Waals surface area contributed by atoms with Crippen LogP contribution in [0.2, 0.25) is 0 Å². The maximum absolute atomic E-state index is 12.2. The van der Waals surface area contributed by atoms with E-state index in [1.165, 1.54) is 6.92 Å². The maximum atomic E-state index is 12.2. The van der Waals surface area contributed by atoms with Crippen molar-refractivity contribution in [1.29, 1.82) is 0 Å². The van der Waals surface area contributed by atoms with Gasteiger partial charge in [-0.15, -0.1) is 0 Å². The van der Waals surface area contributed by atoms with E-state index in [4.69, 9.17) is 9.84 Å². The highest BCUT2D eigenvalue weighted by Gasteiger charge is 2.29. The van der Waals surface area contributed by atoms with Crippen molar-refractivity contribution >= 4 is 24.3 Å². The van der Waals surface area contributed by atoms with E-state index in [2.05, 4.69) is 10.6 Å². The Morgan fingerprint density at radius 3 is 2.13 bits per heavy atom. The van der Waals surface area contributed by atoms with Crippen molar-refractivity contribution in [2.45, 2.75) is 31.3 Å². The number of alkyl carbamates (subject to hydrolysis) is 1. The zero-order chi connectivity index (χ0) is 21.7. The Balaban J connectivity index is 1.58. The molecule has 2 aromatic carbocycles. The van der Waals surface area contributed by atoms with Crippen LogP contribution in [0.3, 0.4) is 0 Å². The molecule has 2 aromatic rings. The Kier molecular flexibility index (Phi) is 6.46. The van der Waals surface area contributed by atoms with Crippen LogP contribution >= 0.6 is 0 Å². The lowest BCUT2D eigenvalue weighted by atomic mass is 9.98. The number of rotatable bonds is 8. The lowest BCUT2D eigenvalue weighted by Gasteiger charge is -2.18. The zero-order valence-corrected chi connectivity index (χ0v) is 16.3. The fraction of sp³-hybridized carbons (Fsp3) is 0.273. The van der Waals surface area contributed by atoms with Crippen molar-refractivity contribution in [2.75, 3.05) is 6.61 Å². The average molecular weight is 410 g/mol. The molecule has 30 heavy (non-hydrogen) atoms. The molecule has 2 amide bonds. The van der Waals surface area contributed by atoms with E-state index in [0.29, 0.717) is 6.29 Å².